The van der Waals surface area contributed by atoms with E-state index >= 15 is 0 Å². The molecule has 0 aliphatic carbocycles. The van der Waals surface area contributed by atoms with E-state index < -0.39 is 0 Å². The molecule has 0 aliphatic rings. The van der Waals surface area contributed by atoms with Crippen LogP contribution in [0, 0.1) is 4.77 Å². The molecule has 3 rings (SSSR count). The molecule has 8 heteroatoms. The van der Waals surface area contributed by atoms with E-state index in [1.54, 1.807) is 11.8 Å². The first kappa shape index (κ1) is 16.2. The molecule has 0 saturated carbocycles. The number of nitrogens with zero attached hydrogens (tertiary/aromatic N) is 2. The van der Waals surface area contributed by atoms with Crippen molar-refractivity contribution in [3.63, 3.8) is 0 Å². The summed E-state index contributed by atoms with van der Waals surface area (Å²) in [6.07, 6.45) is 0. The van der Waals surface area contributed by atoms with E-state index in [1.807, 2.05) is 54.6 Å². The van der Waals surface area contributed by atoms with Gasteiger partial charge in [-0.25, -0.2) is 9.77 Å². The van der Waals surface area contributed by atoms with Gasteiger partial charge in [-0.3, -0.25) is 5.43 Å². The molecule has 1 heterocycles. The fraction of sp³-hybridized carbons (Fsp3) is 0.0625. The van der Waals surface area contributed by atoms with Gasteiger partial charge >= 0.3 is 0 Å². The van der Waals surface area contributed by atoms with E-state index in [0.29, 0.717) is 15.7 Å². The number of hydrogen-bond donors (Lipinski definition) is 3. The minimum atomic E-state index is 0.398. The number of ether oxygens (including phenoxy) is 1. The maximum Gasteiger partial charge on any atom is 0.215 e. The highest BCUT2D eigenvalue weighted by Crippen LogP contribution is 2.17. The number of thiocarbonyl (C=S) groups is 1. The third-order valence-electron chi connectivity index (χ3n) is 3.27. The van der Waals surface area contributed by atoms with Crippen molar-refractivity contribution in [3.8, 4) is 17.1 Å². The van der Waals surface area contributed by atoms with Gasteiger partial charge in [0.15, 0.2) is 10.9 Å². The maximum atomic E-state index is 5.35. The highest BCUT2D eigenvalue weighted by Gasteiger charge is 2.09. The molecule has 2 aromatic carbocycles. The maximum absolute atomic E-state index is 5.35. The molecule has 0 fully saturated rings. The average molecular weight is 357 g/mol. The summed E-state index contributed by atoms with van der Waals surface area (Å²) in [6, 6.07) is 17.2. The molecule has 24 heavy (non-hydrogen) atoms. The summed E-state index contributed by atoms with van der Waals surface area (Å²) in [6.45, 7) is 0. The van der Waals surface area contributed by atoms with Crippen LogP contribution in [-0.4, -0.2) is 27.1 Å². The van der Waals surface area contributed by atoms with Crippen molar-refractivity contribution in [2.75, 3.05) is 17.9 Å². The SMILES string of the molecule is COc1ccc(NC(=S)Nn2c(-c3ccccc3)n[nH]c2=S)cc1. The third-order valence-corrected chi connectivity index (χ3v) is 3.73. The van der Waals surface area contributed by atoms with Gasteiger partial charge in [-0.05, 0) is 48.7 Å². The van der Waals surface area contributed by atoms with E-state index in [-0.39, 0.29) is 0 Å². The van der Waals surface area contributed by atoms with Crippen molar-refractivity contribution in [1.29, 1.82) is 0 Å². The highest BCUT2D eigenvalue weighted by molar-refractivity contribution is 7.80. The first-order valence-corrected chi connectivity index (χ1v) is 7.94. The highest BCUT2D eigenvalue weighted by atomic mass is 32.1. The van der Waals surface area contributed by atoms with Gasteiger partial charge in [-0.15, -0.1) is 0 Å². The lowest BCUT2D eigenvalue weighted by atomic mass is 10.2. The van der Waals surface area contributed by atoms with Gasteiger partial charge in [0.2, 0.25) is 4.77 Å². The Balaban J connectivity index is 1.77. The second-order valence-electron chi connectivity index (χ2n) is 4.85. The summed E-state index contributed by atoms with van der Waals surface area (Å²) in [4.78, 5) is 0. The molecule has 0 aliphatic heterocycles. The topological polar surface area (TPSA) is 66.9 Å². The normalized spacial score (nSPS) is 10.2. The van der Waals surface area contributed by atoms with Gasteiger partial charge < -0.3 is 10.1 Å². The Morgan fingerprint density at radius 3 is 2.50 bits per heavy atom. The molecule has 3 N–H and O–H groups in total. The molecule has 0 amide bonds. The first-order chi connectivity index (χ1) is 11.7. The van der Waals surface area contributed by atoms with E-state index in [0.717, 1.165) is 17.0 Å². The number of rotatable bonds is 4. The van der Waals surface area contributed by atoms with Crippen LogP contribution in [0.3, 0.4) is 0 Å². The number of aromatic nitrogens is 3. The molecule has 6 nitrogen and oxygen atoms in total. The number of benzene rings is 2. The lowest BCUT2D eigenvalue weighted by Gasteiger charge is -2.13. The zero-order valence-electron chi connectivity index (χ0n) is 12.8. The van der Waals surface area contributed by atoms with Crippen molar-refractivity contribution in [1.82, 2.24) is 14.9 Å². The van der Waals surface area contributed by atoms with E-state index in [2.05, 4.69) is 20.9 Å². The van der Waals surface area contributed by atoms with Gasteiger partial charge in [0.1, 0.15) is 5.75 Å². The molecule has 0 atom stereocenters. The summed E-state index contributed by atoms with van der Waals surface area (Å²) in [5.41, 5.74) is 4.80. The van der Waals surface area contributed by atoms with Crippen LogP contribution in [0.25, 0.3) is 11.4 Å². The largest absolute Gasteiger partial charge is 0.497 e. The van der Waals surface area contributed by atoms with Crippen molar-refractivity contribution < 1.29 is 4.74 Å². The first-order valence-electron chi connectivity index (χ1n) is 7.12. The quantitative estimate of drug-likeness (QED) is 0.621. The van der Waals surface area contributed by atoms with Gasteiger partial charge in [0.05, 0.1) is 7.11 Å². The van der Waals surface area contributed by atoms with Crippen LogP contribution in [0.15, 0.2) is 54.6 Å². The Bertz CT molecular complexity index is 887. The molecule has 0 bridgehead atoms. The molecule has 1 aromatic heterocycles. The monoisotopic (exact) mass is 357 g/mol. The molecular formula is C16H15N5OS2. The lowest BCUT2D eigenvalue weighted by Crippen LogP contribution is -2.28. The van der Waals surface area contributed by atoms with Gasteiger partial charge in [0, 0.05) is 11.3 Å². The Morgan fingerprint density at radius 1 is 1.12 bits per heavy atom. The fourth-order valence-corrected chi connectivity index (χ4v) is 2.50. The second-order valence-corrected chi connectivity index (χ2v) is 5.64. The van der Waals surface area contributed by atoms with Crippen LogP contribution in [0.1, 0.15) is 0 Å². The van der Waals surface area contributed by atoms with Crippen molar-refractivity contribution in [2.45, 2.75) is 0 Å². The fourth-order valence-electron chi connectivity index (χ4n) is 2.12. The molecule has 122 valence electrons. The van der Waals surface area contributed by atoms with Crippen molar-refractivity contribution in [2.24, 2.45) is 0 Å². The summed E-state index contributed by atoms with van der Waals surface area (Å²) in [5.74, 6) is 1.43. The predicted octanol–water partition coefficient (Wildman–Crippen LogP) is 3.56. The summed E-state index contributed by atoms with van der Waals surface area (Å²) in [7, 11) is 1.63. The summed E-state index contributed by atoms with van der Waals surface area (Å²) in [5, 5.41) is 10.5. The van der Waals surface area contributed by atoms with Gasteiger partial charge in [-0.2, -0.15) is 5.10 Å². The minimum Gasteiger partial charge on any atom is -0.497 e. The Labute approximate surface area is 149 Å². The van der Waals surface area contributed by atoms with E-state index in [1.165, 1.54) is 0 Å². The average Bonchev–Trinajstić information content (AvgIpc) is 2.97. The summed E-state index contributed by atoms with van der Waals surface area (Å²) >= 11 is 10.6. The summed E-state index contributed by atoms with van der Waals surface area (Å²) < 4.78 is 7.19. The number of hydrogen-bond acceptors (Lipinski definition) is 4. The number of aromatic amines is 1. The van der Waals surface area contributed by atoms with Gasteiger partial charge in [0.25, 0.3) is 0 Å². The Kier molecular flexibility index (Phi) is 4.88. The molecule has 0 radical (unpaired) electrons. The predicted molar refractivity (Wildman–Crippen MR) is 101 cm³/mol. The number of H-pyrrole nitrogens is 1. The zero-order valence-corrected chi connectivity index (χ0v) is 14.4. The number of nitrogens with one attached hydrogen (secondary N) is 3. The van der Waals surface area contributed by atoms with E-state index in [4.69, 9.17) is 29.2 Å². The van der Waals surface area contributed by atoms with Gasteiger partial charge in [-0.1, -0.05) is 30.3 Å². The Hall–Kier alpha value is -2.71. The zero-order chi connectivity index (χ0) is 16.9. The Morgan fingerprint density at radius 2 is 1.83 bits per heavy atom. The second kappa shape index (κ2) is 7.24. The van der Waals surface area contributed by atoms with Crippen LogP contribution in [0.2, 0.25) is 0 Å². The number of methoxy groups -OCH3 is 1. The molecule has 3 aromatic rings. The van der Waals surface area contributed by atoms with Crippen LogP contribution < -0.4 is 15.5 Å². The van der Waals surface area contributed by atoms with Crippen LogP contribution in [-0.2, 0) is 0 Å². The molecule has 0 unspecified atom stereocenters. The smallest absolute Gasteiger partial charge is 0.215 e. The third kappa shape index (κ3) is 3.61. The van der Waals surface area contributed by atoms with Crippen LogP contribution in [0.5, 0.6) is 5.75 Å². The number of anilines is 1. The van der Waals surface area contributed by atoms with Crippen LogP contribution in [0.4, 0.5) is 5.69 Å². The van der Waals surface area contributed by atoms with Crippen molar-refractivity contribution >= 4 is 35.2 Å². The van der Waals surface area contributed by atoms with Crippen molar-refractivity contribution in [3.05, 3.63) is 59.4 Å². The minimum absolute atomic E-state index is 0.398. The standard InChI is InChI=1S/C16H15N5OS2/c1-22-13-9-7-12(8-10-13)17-15(23)20-21-14(18-19-16(21)24)11-5-3-2-4-6-11/h2-10H,1H3,(H,19,24)(H2,17,20,23). The lowest BCUT2D eigenvalue weighted by molar-refractivity contribution is 0.415. The molecule has 0 spiro atoms. The van der Waals surface area contributed by atoms with Crippen LogP contribution >= 0.6 is 24.4 Å². The van der Waals surface area contributed by atoms with E-state index in [9.17, 15) is 0 Å². The molecule has 0 saturated heterocycles. The molecular weight excluding hydrogens is 342 g/mol.